The number of amides is 1. The van der Waals surface area contributed by atoms with Crippen LogP contribution in [0.2, 0.25) is 0 Å². The summed E-state index contributed by atoms with van der Waals surface area (Å²) in [5, 5.41) is 2.59. The van der Waals surface area contributed by atoms with E-state index in [-0.39, 0.29) is 22.2 Å². The topological polar surface area (TPSA) is 115 Å². The highest BCUT2D eigenvalue weighted by Gasteiger charge is 2.25. The van der Waals surface area contributed by atoms with Crippen molar-refractivity contribution < 1.29 is 32.2 Å². The van der Waals surface area contributed by atoms with Crippen LogP contribution in [0.5, 0.6) is 17.2 Å². The second-order valence-electron chi connectivity index (χ2n) is 7.43. The highest BCUT2D eigenvalue weighted by atomic mass is 32.2. The Bertz CT molecular complexity index is 1120. The van der Waals surface area contributed by atoms with Crippen molar-refractivity contribution in [3.63, 3.8) is 0 Å². The lowest BCUT2D eigenvalue weighted by Gasteiger charge is -2.31. The predicted molar refractivity (Wildman–Crippen MR) is 130 cm³/mol. The van der Waals surface area contributed by atoms with Crippen molar-refractivity contribution in [1.29, 1.82) is 0 Å². The number of nitrogens with one attached hydrogen (secondary N) is 2. The molecule has 34 heavy (non-hydrogen) atoms. The van der Waals surface area contributed by atoms with Crippen LogP contribution in [0.15, 0.2) is 35.2 Å². The molecule has 10 nitrogen and oxygen atoms in total. The lowest BCUT2D eigenvalue weighted by Crippen LogP contribution is -2.36. The van der Waals surface area contributed by atoms with Crippen LogP contribution >= 0.6 is 0 Å². The molecule has 1 fully saturated rings. The molecular weight excluding hydrogens is 462 g/mol. The Hall–Kier alpha value is -3.18. The van der Waals surface area contributed by atoms with Gasteiger partial charge in [0.05, 0.1) is 44.9 Å². The van der Waals surface area contributed by atoms with Crippen molar-refractivity contribution in [3.8, 4) is 17.2 Å². The maximum atomic E-state index is 13.4. The van der Waals surface area contributed by atoms with E-state index in [1.807, 2.05) is 13.8 Å². The number of carbonyl (C=O) groups excluding carboxylic acids is 1. The van der Waals surface area contributed by atoms with E-state index in [2.05, 4.69) is 14.9 Å². The molecule has 0 aromatic heterocycles. The Morgan fingerprint density at radius 1 is 1.03 bits per heavy atom. The van der Waals surface area contributed by atoms with Gasteiger partial charge in [-0.05, 0) is 32.0 Å². The number of hydrogen-bond acceptors (Lipinski definition) is 8. The summed E-state index contributed by atoms with van der Waals surface area (Å²) in [6.07, 6.45) is 0. The van der Waals surface area contributed by atoms with E-state index in [1.54, 1.807) is 18.2 Å². The summed E-state index contributed by atoms with van der Waals surface area (Å²) in [4.78, 5) is 13.4. The zero-order valence-corrected chi connectivity index (χ0v) is 20.7. The lowest BCUT2D eigenvalue weighted by molar-refractivity contribution is -0.114. The number of methoxy groups -OCH3 is 1. The highest BCUT2D eigenvalue weighted by Crippen LogP contribution is 2.41. The lowest BCUT2D eigenvalue weighted by atomic mass is 10.2. The van der Waals surface area contributed by atoms with Crippen LogP contribution in [0.25, 0.3) is 0 Å². The van der Waals surface area contributed by atoms with Crippen LogP contribution in [0.1, 0.15) is 20.8 Å². The van der Waals surface area contributed by atoms with Gasteiger partial charge in [-0.2, -0.15) is 0 Å². The monoisotopic (exact) mass is 493 g/mol. The predicted octanol–water partition coefficient (Wildman–Crippen LogP) is 3.09. The Labute approximate surface area is 200 Å². The molecular formula is C23H31N3O7S. The van der Waals surface area contributed by atoms with Crippen molar-refractivity contribution in [2.75, 3.05) is 61.6 Å². The molecule has 0 unspecified atom stereocenters. The Kier molecular flexibility index (Phi) is 8.46. The van der Waals surface area contributed by atoms with Crippen LogP contribution in [0.3, 0.4) is 0 Å². The zero-order chi connectivity index (χ0) is 24.7. The Morgan fingerprint density at radius 2 is 1.71 bits per heavy atom. The number of morpholine rings is 1. The summed E-state index contributed by atoms with van der Waals surface area (Å²) in [6.45, 7) is 8.33. The average Bonchev–Trinajstić information content (AvgIpc) is 2.81. The standard InChI is InChI=1S/C23H31N3O7S/c1-5-32-21-15-19(26-9-11-31-12-10-26)22(33-6-2)14-18(21)25-34(28,29)23-13-17(24-16(3)27)7-8-20(23)30-4/h7-8,13-15,25H,5-6,9-12H2,1-4H3,(H,24,27). The smallest absolute Gasteiger partial charge is 0.265 e. The van der Waals surface area contributed by atoms with Gasteiger partial charge in [0.1, 0.15) is 22.1 Å². The molecule has 2 N–H and O–H groups in total. The molecule has 1 aliphatic heterocycles. The third-order valence-corrected chi connectivity index (χ3v) is 6.42. The van der Waals surface area contributed by atoms with Crippen molar-refractivity contribution in [2.24, 2.45) is 0 Å². The van der Waals surface area contributed by atoms with Crippen molar-refractivity contribution in [2.45, 2.75) is 25.7 Å². The summed E-state index contributed by atoms with van der Waals surface area (Å²) in [5.74, 6) is 0.715. The number of carbonyl (C=O) groups is 1. The van der Waals surface area contributed by atoms with Gasteiger partial charge in [0.25, 0.3) is 10.0 Å². The zero-order valence-electron chi connectivity index (χ0n) is 19.8. The first kappa shape index (κ1) is 25.4. The molecule has 2 aromatic carbocycles. The molecule has 1 saturated heterocycles. The largest absolute Gasteiger partial charge is 0.495 e. The van der Waals surface area contributed by atoms with Gasteiger partial charge < -0.3 is 29.2 Å². The molecule has 0 saturated carbocycles. The minimum atomic E-state index is -4.12. The van der Waals surface area contributed by atoms with E-state index in [0.29, 0.717) is 56.7 Å². The molecule has 1 amide bonds. The number of benzene rings is 2. The average molecular weight is 494 g/mol. The van der Waals surface area contributed by atoms with Gasteiger partial charge in [0.15, 0.2) is 0 Å². The Balaban J connectivity index is 2.04. The van der Waals surface area contributed by atoms with E-state index in [0.717, 1.165) is 5.69 Å². The molecule has 1 aliphatic rings. The fourth-order valence-electron chi connectivity index (χ4n) is 3.59. The van der Waals surface area contributed by atoms with E-state index < -0.39 is 10.0 Å². The van der Waals surface area contributed by atoms with Crippen LogP contribution in [-0.4, -0.2) is 61.0 Å². The SMILES string of the molecule is CCOc1cc(N2CCOCC2)c(OCC)cc1NS(=O)(=O)c1cc(NC(C)=O)ccc1OC. The molecule has 0 radical (unpaired) electrons. The van der Waals surface area contributed by atoms with Crippen molar-refractivity contribution >= 4 is 33.0 Å². The number of rotatable bonds is 10. The number of anilines is 3. The molecule has 2 aromatic rings. The first-order valence-corrected chi connectivity index (χ1v) is 12.5. The molecule has 0 aliphatic carbocycles. The van der Waals surface area contributed by atoms with Crippen molar-refractivity contribution in [1.82, 2.24) is 0 Å². The highest BCUT2D eigenvalue weighted by molar-refractivity contribution is 7.92. The van der Waals surface area contributed by atoms with Crippen molar-refractivity contribution in [3.05, 3.63) is 30.3 Å². The maximum absolute atomic E-state index is 13.4. The van der Waals surface area contributed by atoms with Crippen LogP contribution in [-0.2, 0) is 19.6 Å². The maximum Gasteiger partial charge on any atom is 0.265 e. The second-order valence-corrected chi connectivity index (χ2v) is 9.08. The molecule has 1 heterocycles. The summed E-state index contributed by atoms with van der Waals surface area (Å²) in [6, 6.07) is 7.80. The van der Waals surface area contributed by atoms with E-state index in [1.165, 1.54) is 26.2 Å². The van der Waals surface area contributed by atoms with Gasteiger partial charge in [0.2, 0.25) is 5.91 Å². The van der Waals surface area contributed by atoms with Gasteiger partial charge in [-0.15, -0.1) is 0 Å². The molecule has 11 heteroatoms. The Morgan fingerprint density at radius 3 is 2.32 bits per heavy atom. The number of ether oxygens (including phenoxy) is 4. The molecule has 3 rings (SSSR count). The van der Waals surface area contributed by atoms with Gasteiger partial charge in [0, 0.05) is 37.8 Å². The van der Waals surface area contributed by atoms with Crippen LogP contribution < -0.4 is 29.1 Å². The van der Waals surface area contributed by atoms with Gasteiger partial charge in [-0.25, -0.2) is 8.42 Å². The molecule has 0 atom stereocenters. The number of nitrogens with zero attached hydrogens (tertiary/aromatic N) is 1. The van der Waals surface area contributed by atoms with Crippen LogP contribution in [0.4, 0.5) is 17.1 Å². The summed E-state index contributed by atoms with van der Waals surface area (Å²) in [5.41, 5.74) is 1.37. The normalized spacial score (nSPS) is 13.8. The fraction of sp³-hybridized carbons (Fsp3) is 0.435. The minimum absolute atomic E-state index is 0.126. The first-order chi connectivity index (χ1) is 16.3. The second kappa shape index (κ2) is 11.3. The van der Waals surface area contributed by atoms with E-state index in [4.69, 9.17) is 18.9 Å². The third-order valence-electron chi connectivity index (χ3n) is 5.03. The number of hydrogen-bond donors (Lipinski definition) is 2. The van der Waals surface area contributed by atoms with Gasteiger partial charge in [-0.3, -0.25) is 9.52 Å². The fourth-order valence-corrected chi connectivity index (χ4v) is 4.85. The molecule has 0 spiro atoms. The molecule has 186 valence electrons. The molecule has 0 bridgehead atoms. The first-order valence-electron chi connectivity index (χ1n) is 11.0. The van der Waals surface area contributed by atoms with E-state index >= 15 is 0 Å². The van der Waals surface area contributed by atoms with Gasteiger partial charge >= 0.3 is 0 Å². The van der Waals surface area contributed by atoms with Gasteiger partial charge in [-0.1, -0.05) is 0 Å². The third kappa shape index (κ3) is 6.03. The summed E-state index contributed by atoms with van der Waals surface area (Å²) in [7, 11) is -2.74. The minimum Gasteiger partial charge on any atom is -0.495 e. The van der Waals surface area contributed by atoms with E-state index in [9.17, 15) is 13.2 Å². The quantitative estimate of drug-likeness (QED) is 0.519. The summed E-state index contributed by atoms with van der Waals surface area (Å²) < 4.78 is 51.8. The van der Waals surface area contributed by atoms with Crippen LogP contribution in [0, 0.1) is 0 Å². The number of sulfonamides is 1. The summed E-state index contributed by atoms with van der Waals surface area (Å²) >= 11 is 0.